The highest BCUT2D eigenvalue weighted by atomic mass is 16.5. The molecule has 3 nitrogen and oxygen atoms in total. The molecule has 1 atom stereocenters. The molecule has 0 aliphatic rings. The van der Waals surface area contributed by atoms with Gasteiger partial charge in [-0.05, 0) is 20.4 Å². The number of nitrogens with one attached hydrogen (secondary N) is 1. The van der Waals surface area contributed by atoms with E-state index in [0.717, 1.165) is 6.42 Å². The summed E-state index contributed by atoms with van der Waals surface area (Å²) in [6.45, 7) is 2.03. The Morgan fingerprint density at radius 1 is 1.70 bits per heavy atom. The van der Waals surface area contributed by atoms with Gasteiger partial charge in [0.25, 0.3) is 0 Å². The molecule has 0 aromatic rings. The van der Waals surface area contributed by atoms with Crippen LogP contribution in [0, 0.1) is 0 Å². The molecule has 0 amide bonds. The van der Waals surface area contributed by atoms with Gasteiger partial charge in [0, 0.05) is 12.5 Å². The molecular weight excluding hydrogens is 130 g/mol. The van der Waals surface area contributed by atoms with E-state index < -0.39 is 0 Å². The Hall–Kier alpha value is -0.570. The number of methoxy groups -OCH3 is 1. The van der Waals surface area contributed by atoms with Crippen LogP contribution in [-0.2, 0) is 9.53 Å². The molecule has 10 heavy (non-hydrogen) atoms. The summed E-state index contributed by atoms with van der Waals surface area (Å²) in [5.41, 5.74) is 0. The Bertz CT molecular complexity index is 104. The molecular formula is C7H15NO2. The Labute approximate surface area is 61.8 Å². The van der Waals surface area contributed by atoms with Crippen LogP contribution in [0.1, 0.15) is 19.8 Å². The molecule has 0 heterocycles. The third-order valence-electron chi connectivity index (χ3n) is 1.50. The number of hydrogen-bond donors (Lipinski definition) is 1. The lowest BCUT2D eigenvalue weighted by atomic mass is 10.2. The van der Waals surface area contributed by atoms with Gasteiger partial charge >= 0.3 is 5.97 Å². The average molecular weight is 145 g/mol. The van der Waals surface area contributed by atoms with E-state index in [2.05, 4.69) is 10.1 Å². The quantitative estimate of drug-likeness (QED) is 0.587. The van der Waals surface area contributed by atoms with Crippen molar-refractivity contribution in [2.45, 2.75) is 25.8 Å². The molecule has 0 aromatic carbocycles. The minimum atomic E-state index is -0.137. The highest BCUT2D eigenvalue weighted by Crippen LogP contribution is 1.96. The molecule has 1 unspecified atom stereocenters. The highest BCUT2D eigenvalue weighted by molar-refractivity contribution is 5.69. The van der Waals surface area contributed by atoms with E-state index in [-0.39, 0.29) is 5.97 Å². The molecule has 0 aliphatic heterocycles. The van der Waals surface area contributed by atoms with Crippen LogP contribution in [0.4, 0.5) is 0 Å². The van der Waals surface area contributed by atoms with Gasteiger partial charge in [0.1, 0.15) is 0 Å². The molecule has 60 valence electrons. The first-order chi connectivity index (χ1) is 4.70. The molecule has 0 bridgehead atoms. The minimum Gasteiger partial charge on any atom is -0.469 e. The van der Waals surface area contributed by atoms with Crippen LogP contribution in [-0.4, -0.2) is 26.2 Å². The first-order valence-corrected chi connectivity index (χ1v) is 3.44. The first kappa shape index (κ1) is 9.43. The smallest absolute Gasteiger partial charge is 0.305 e. The fourth-order valence-corrected chi connectivity index (χ4v) is 0.581. The maximum Gasteiger partial charge on any atom is 0.305 e. The maximum atomic E-state index is 10.6. The number of esters is 1. The van der Waals surface area contributed by atoms with Gasteiger partial charge in [0.15, 0.2) is 0 Å². The number of carbonyl (C=O) groups excluding carboxylic acids is 1. The minimum absolute atomic E-state index is 0.137. The predicted octanol–water partition coefficient (Wildman–Crippen LogP) is 0.547. The monoisotopic (exact) mass is 145 g/mol. The number of hydrogen-bond acceptors (Lipinski definition) is 3. The lowest BCUT2D eigenvalue weighted by Crippen LogP contribution is -2.22. The second-order valence-corrected chi connectivity index (χ2v) is 2.30. The van der Waals surface area contributed by atoms with Crippen molar-refractivity contribution in [3.8, 4) is 0 Å². The molecule has 1 N–H and O–H groups in total. The van der Waals surface area contributed by atoms with Crippen molar-refractivity contribution in [2.24, 2.45) is 0 Å². The van der Waals surface area contributed by atoms with Crippen molar-refractivity contribution in [1.29, 1.82) is 0 Å². The van der Waals surface area contributed by atoms with Crippen molar-refractivity contribution in [2.75, 3.05) is 14.2 Å². The molecule has 0 aliphatic carbocycles. The topological polar surface area (TPSA) is 38.3 Å². The first-order valence-electron chi connectivity index (χ1n) is 3.44. The second kappa shape index (κ2) is 5.23. The lowest BCUT2D eigenvalue weighted by Gasteiger charge is -2.07. The summed E-state index contributed by atoms with van der Waals surface area (Å²) < 4.78 is 4.48. The average Bonchev–Trinajstić information content (AvgIpc) is 1.99. The van der Waals surface area contributed by atoms with Crippen molar-refractivity contribution < 1.29 is 9.53 Å². The normalized spacial score (nSPS) is 12.7. The number of carbonyl (C=O) groups is 1. The van der Waals surface area contributed by atoms with E-state index in [1.54, 1.807) is 0 Å². The Morgan fingerprint density at radius 2 is 2.30 bits per heavy atom. The molecule has 0 radical (unpaired) electrons. The van der Waals surface area contributed by atoms with Crippen molar-refractivity contribution in [3.05, 3.63) is 0 Å². The van der Waals surface area contributed by atoms with Crippen LogP contribution in [0.25, 0.3) is 0 Å². The van der Waals surface area contributed by atoms with Gasteiger partial charge in [-0.3, -0.25) is 4.79 Å². The Morgan fingerprint density at radius 3 is 2.70 bits per heavy atom. The fraction of sp³-hybridized carbons (Fsp3) is 0.857. The molecule has 0 saturated carbocycles. The third-order valence-corrected chi connectivity index (χ3v) is 1.50. The lowest BCUT2D eigenvalue weighted by molar-refractivity contribution is -0.140. The maximum absolute atomic E-state index is 10.6. The SMILES string of the molecule is CNC(C)CCC(=O)OC. The summed E-state index contributed by atoms with van der Waals surface area (Å²) in [7, 11) is 3.29. The summed E-state index contributed by atoms with van der Waals surface area (Å²) in [6, 6.07) is 0.388. The molecule has 0 spiro atoms. The van der Waals surface area contributed by atoms with E-state index >= 15 is 0 Å². The number of rotatable bonds is 4. The zero-order valence-corrected chi connectivity index (χ0v) is 6.81. The second-order valence-electron chi connectivity index (χ2n) is 2.30. The van der Waals surface area contributed by atoms with E-state index in [4.69, 9.17) is 0 Å². The fourth-order valence-electron chi connectivity index (χ4n) is 0.581. The van der Waals surface area contributed by atoms with Crippen LogP contribution in [0.15, 0.2) is 0 Å². The summed E-state index contributed by atoms with van der Waals surface area (Å²) in [5.74, 6) is -0.137. The molecule has 3 heteroatoms. The Balaban J connectivity index is 3.26. The van der Waals surface area contributed by atoms with Gasteiger partial charge in [-0.2, -0.15) is 0 Å². The Kier molecular flexibility index (Phi) is 4.94. The van der Waals surface area contributed by atoms with E-state index in [1.807, 2.05) is 14.0 Å². The largest absolute Gasteiger partial charge is 0.469 e. The van der Waals surface area contributed by atoms with Crippen LogP contribution in [0.2, 0.25) is 0 Å². The standard InChI is InChI=1S/C7H15NO2/c1-6(8-2)4-5-7(9)10-3/h6,8H,4-5H2,1-3H3. The summed E-state index contributed by atoms with van der Waals surface area (Å²) in [4.78, 5) is 10.6. The van der Waals surface area contributed by atoms with Gasteiger partial charge in [-0.1, -0.05) is 0 Å². The van der Waals surface area contributed by atoms with Crippen LogP contribution in [0.3, 0.4) is 0 Å². The molecule has 0 saturated heterocycles. The van der Waals surface area contributed by atoms with E-state index in [1.165, 1.54) is 7.11 Å². The molecule has 0 fully saturated rings. The summed E-state index contributed by atoms with van der Waals surface area (Å²) in [6.07, 6.45) is 1.34. The van der Waals surface area contributed by atoms with Gasteiger partial charge in [0.2, 0.25) is 0 Å². The van der Waals surface area contributed by atoms with Crippen LogP contribution in [0.5, 0.6) is 0 Å². The number of ether oxygens (including phenoxy) is 1. The van der Waals surface area contributed by atoms with Crippen LogP contribution >= 0.6 is 0 Å². The van der Waals surface area contributed by atoms with Crippen LogP contribution < -0.4 is 5.32 Å². The highest BCUT2D eigenvalue weighted by Gasteiger charge is 2.03. The molecule has 0 aromatic heterocycles. The van der Waals surface area contributed by atoms with E-state index in [0.29, 0.717) is 12.5 Å². The zero-order valence-electron chi connectivity index (χ0n) is 6.81. The van der Waals surface area contributed by atoms with Gasteiger partial charge in [-0.15, -0.1) is 0 Å². The zero-order chi connectivity index (χ0) is 7.98. The van der Waals surface area contributed by atoms with Gasteiger partial charge in [-0.25, -0.2) is 0 Å². The van der Waals surface area contributed by atoms with Crippen molar-refractivity contribution in [3.63, 3.8) is 0 Å². The summed E-state index contributed by atoms with van der Waals surface area (Å²) >= 11 is 0. The van der Waals surface area contributed by atoms with E-state index in [9.17, 15) is 4.79 Å². The third kappa shape index (κ3) is 4.32. The van der Waals surface area contributed by atoms with Crippen molar-refractivity contribution in [1.82, 2.24) is 5.32 Å². The molecule has 0 rings (SSSR count). The summed E-state index contributed by atoms with van der Waals surface area (Å²) in [5, 5.41) is 3.04. The van der Waals surface area contributed by atoms with Gasteiger partial charge in [0.05, 0.1) is 7.11 Å². The van der Waals surface area contributed by atoms with Gasteiger partial charge < -0.3 is 10.1 Å². The van der Waals surface area contributed by atoms with Crippen molar-refractivity contribution >= 4 is 5.97 Å². The predicted molar refractivity (Wildman–Crippen MR) is 39.8 cm³/mol.